The summed E-state index contributed by atoms with van der Waals surface area (Å²) in [5.74, 6) is -0.693. The molecule has 164 valence electrons. The van der Waals surface area contributed by atoms with E-state index < -0.39 is 18.0 Å². The first-order valence-electron chi connectivity index (χ1n) is 10.5. The zero-order valence-corrected chi connectivity index (χ0v) is 19.2. The number of amides is 1. The van der Waals surface area contributed by atoms with Crippen LogP contribution in [0.25, 0.3) is 6.08 Å². The molecular weight excluding hydrogens is 390 g/mol. The van der Waals surface area contributed by atoms with E-state index in [1.807, 2.05) is 51.1 Å². The second-order valence-electron chi connectivity index (χ2n) is 8.24. The van der Waals surface area contributed by atoms with Crippen molar-refractivity contribution >= 4 is 23.6 Å². The van der Waals surface area contributed by atoms with Crippen LogP contribution >= 0.6 is 0 Å². The maximum absolute atomic E-state index is 12.5. The Hall–Kier alpha value is -3.33. The number of benzene rings is 1. The largest absolute Gasteiger partial charge is 0.448 e. The van der Waals surface area contributed by atoms with Crippen molar-refractivity contribution in [2.45, 2.75) is 60.6 Å². The quantitative estimate of drug-likeness (QED) is 0.372. The molecule has 0 bridgehead atoms. The molecule has 1 heterocycles. The maximum atomic E-state index is 12.5. The van der Waals surface area contributed by atoms with Crippen LogP contribution in [-0.2, 0) is 20.9 Å². The summed E-state index contributed by atoms with van der Waals surface area (Å²) < 4.78 is 7.43. The number of nitriles is 1. The number of nitrogens with zero attached hydrogens (tertiary/aromatic N) is 2. The lowest BCUT2D eigenvalue weighted by atomic mass is 10.1. The molecule has 1 atom stereocenters. The molecule has 0 radical (unpaired) electrons. The number of carbonyl (C=O) groups excluding carboxylic acids is 2. The number of ether oxygens (including phenoxy) is 1. The van der Waals surface area contributed by atoms with Crippen LogP contribution in [0.1, 0.15) is 49.7 Å². The summed E-state index contributed by atoms with van der Waals surface area (Å²) in [5, 5.41) is 12.2. The molecule has 31 heavy (non-hydrogen) atoms. The van der Waals surface area contributed by atoms with Crippen LogP contribution < -0.4 is 5.32 Å². The second-order valence-corrected chi connectivity index (χ2v) is 8.24. The first-order chi connectivity index (χ1) is 14.6. The molecule has 0 fully saturated rings. The van der Waals surface area contributed by atoms with Gasteiger partial charge < -0.3 is 14.6 Å². The van der Waals surface area contributed by atoms with Gasteiger partial charge in [-0.05, 0) is 75.4 Å². The second kappa shape index (κ2) is 10.6. The van der Waals surface area contributed by atoms with Crippen molar-refractivity contribution in [3.8, 4) is 6.07 Å². The van der Waals surface area contributed by atoms with E-state index in [0.29, 0.717) is 11.6 Å². The summed E-state index contributed by atoms with van der Waals surface area (Å²) >= 11 is 0. The SMILES string of the molecule is Cc1cccc(NC(=O)C(C)OC(=O)/C(C#N)=C/c2cc(C)n(CCC(C)C)c2C)c1. The molecule has 1 N–H and O–H groups in total. The van der Waals surface area contributed by atoms with Crippen LogP contribution in [0.3, 0.4) is 0 Å². The Balaban J connectivity index is 2.11. The lowest BCUT2D eigenvalue weighted by Gasteiger charge is -2.13. The molecule has 0 aliphatic heterocycles. The van der Waals surface area contributed by atoms with Crippen LogP contribution in [0.4, 0.5) is 5.69 Å². The Labute approximate surface area is 184 Å². The Bertz CT molecular complexity index is 1030. The van der Waals surface area contributed by atoms with Crippen LogP contribution in [0.5, 0.6) is 0 Å². The van der Waals surface area contributed by atoms with Crippen molar-refractivity contribution in [2.75, 3.05) is 5.32 Å². The van der Waals surface area contributed by atoms with Gasteiger partial charge >= 0.3 is 5.97 Å². The van der Waals surface area contributed by atoms with E-state index in [-0.39, 0.29) is 5.57 Å². The Morgan fingerprint density at radius 3 is 2.52 bits per heavy atom. The Morgan fingerprint density at radius 1 is 1.19 bits per heavy atom. The minimum absolute atomic E-state index is 0.140. The highest BCUT2D eigenvalue weighted by Crippen LogP contribution is 2.20. The van der Waals surface area contributed by atoms with Gasteiger partial charge in [0.1, 0.15) is 11.6 Å². The lowest BCUT2D eigenvalue weighted by Crippen LogP contribution is -2.30. The van der Waals surface area contributed by atoms with Gasteiger partial charge in [0.05, 0.1) is 0 Å². The smallest absolute Gasteiger partial charge is 0.349 e. The third-order valence-electron chi connectivity index (χ3n) is 5.12. The minimum Gasteiger partial charge on any atom is -0.448 e. The van der Waals surface area contributed by atoms with E-state index in [1.54, 1.807) is 6.07 Å². The summed E-state index contributed by atoms with van der Waals surface area (Å²) in [4.78, 5) is 24.9. The summed E-state index contributed by atoms with van der Waals surface area (Å²) in [6.45, 7) is 12.6. The van der Waals surface area contributed by atoms with Crippen LogP contribution in [0, 0.1) is 38.0 Å². The van der Waals surface area contributed by atoms with E-state index in [0.717, 1.165) is 35.5 Å². The fraction of sp³-hybridized carbons (Fsp3) is 0.400. The highest BCUT2D eigenvalue weighted by molar-refractivity contribution is 6.01. The predicted octanol–water partition coefficient (Wildman–Crippen LogP) is 4.94. The standard InChI is InChI=1S/C25H31N3O3/c1-16(2)10-11-28-18(4)13-21(19(28)5)14-22(15-26)25(30)31-20(6)24(29)27-23-9-7-8-17(3)12-23/h7-9,12-14,16,20H,10-11H2,1-6H3,(H,27,29)/b22-14+. The summed E-state index contributed by atoms with van der Waals surface area (Å²) in [5.41, 5.74) is 4.34. The summed E-state index contributed by atoms with van der Waals surface area (Å²) in [6, 6.07) is 11.2. The highest BCUT2D eigenvalue weighted by atomic mass is 16.5. The molecule has 1 amide bonds. The zero-order valence-electron chi connectivity index (χ0n) is 19.2. The molecule has 6 nitrogen and oxygen atoms in total. The van der Waals surface area contributed by atoms with Gasteiger partial charge in [-0.1, -0.05) is 26.0 Å². The molecule has 0 spiro atoms. The monoisotopic (exact) mass is 421 g/mol. The molecule has 1 aromatic carbocycles. The normalized spacial score (nSPS) is 12.4. The molecule has 0 saturated heterocycles. The van der Waals surface area contributed by atoms with E-state index in [4.69, 9.17) is 4.74 Å². The molecule has 2 rings (SSSR count). The van der Waals surface area contributed by atoms with Gasteiger partial charge in [-0.25, -0.2) is 4.79 Å². The zero-order chi connectivity index (χ0) is 23.1. The average molecular weight is 422 g/mol. The number of nitrogens with one attached hydrogen (secondary N) is 1. The maximum Gasteiger partial charge on any atom is 0.349 e. The number of hydrogen-bond acceptors (Lipinski definition) is 4. The summed E-state index contributed by atoms with van der Waals surface area (Å²) in [6.07, 6.45) is 1.53. The van der Waals surface area contributed by atoms with Crippen molar-refractivity contribution in [1.29, 1.82) is 5.26 Å². The van der Waals surface area contributed by atoms with Gasteiger partial charge in [0.25, 0.3) is 5.91 Å². The first-order valence-corrected chi connectivity index (χ1v) is 10.5. The number of aromatic nitrogens is 1. The molecule has 0 saturated carbocycles. The number of carbonyl (C=O) groups is 2. The van der Waals surface area contributed by atoms with Crippen molar-refractivity contribution < 1.29 is 14.3 Å². The molecule has 6 heteroatoms. The molecule has 1 aromatic heterocycles. The molecule has 0 aliphatic carbocycles. The molecule has 0 aliphatic rings. The minimum atomic E-state index is -1.04. The summed E-state index contributed by atoms with van der Waals surface area (Å²) in [7, 11) is 0. The Morgan fingerprint density at radius 2 is 1.90 bits per heavy atom. The molecule has 1 unspecified atom stereocenters. The number of aryl methyl sites for hydroxylation is 2. The van der Waals surface area contributed by atoms with Crippen LogP contribution in [0.2, 0.25) is 0 Å². The Kier molecular flexibility index (Phi) is 8.21. The van der Waals surface area contributed by atoms with Crippen molar-refractivity contribution in [3.05, 3.63) is 58.4 Å². The van der Waals surface area contributed by atoms with Gasteiger partial charge in [-0.15, -0.1) is 0 Å². The van der Waals surface area contributed by atoms with Crippen molar-refractivity contribution in [2.24, 2.45) is 5.92 Å². The van der Waals surface area contributed by atoms with E-state index in [9.17, 15) is 14.9 Å². The number of anilines is 1. The third-order valence-corrected chi connectivity index (χ3v) is 5.12. The highest BCUT2D eigenvalue weighted by Gasteiger charge is 2.21. The average Bonchev–Trinajstić information content (AvgIpc) is 2.96. The van der Waals surface area contributed by atoms with Crippen molar-refractivity contribution in [1.82, 2.24) is 4.57 Å². The van der Waals surface area contributed by atoms with Gasteiger partial charge in [0.15, 0.2) is 6.10 Å². The van der Waals surface area contributed by atoms with E-state index in [1.165, 1.54) is 13.0 Å². The fourth-order valence-corrected chi connectivity index (χ4v) is 3.24. The molecule has 2 aromatic rings. The topological polar surface area (TPSA) is 84.1 Å². The lowest BCUT2D eigenvalue weighted by molar-refractivity contribution is -0.148. The van der Waals surface area contributed by atoms with Crippen molar-refractivity contribution in [3.63, 3.8) is 0 Å². The van der Waals surface area contributed by atoms with Crippen LogP contribution in [-0.4, -0.2) is 22.5 Å². The number of esters is 1. The van der Waals surface area contributed by atoms with Gasteiger partial charge in [0.2, 0.25) is 0 Å². The third kappa shape index (κ3) is 6.58. The number of hydrogen-bond donors (Lipinski definition) is 1. The van der Waals surface area contributed by atoms with Crippen LogP contribution in [0.15, 0.2) is 35.9 Å². The van der Waals surface area contributed by atoms with Gasteiger partial charge in [-0.2, -0.15) is 5.26 Å². The van der Waals surface area contributed by atoms with E-state index in [2.05, 4.69) is 23.7 Å². The first kappa shape index (κ1) is 23.9. The fourth-order valence-electron chi connectivity index (χ4n) is 3.24. The van der Waals surface area contributed by atoms with E-state index >= 15 is 0 Å². The molecular formula is C25H31N3O3. The van der Waals surface area contributed by atoms with Gasteiger partial charge in [-0.3, -0.25) is 4.79 Å². The predicted molar refractivity (Wildman–Crippen MR) is 122 cm³/mol. The number of rotatable bonds is 8. The van der Waals surface area contributed by atoms with Gasteiger partial charge in [0, 0.05) is 23.6 Å².